The summed E-state index contributed by atoms with van der Waals surface area (Å²) in [6.07, 6.45) is 0.900. The second-order valence-electron chi connectivity index (χ2n) is 4.24. The largest absolute Gasteiger partial charge is 0.282 e. The fraction of sp³-hybridized carbons (Fsp3) is 0.333. The molecule has 0 saturated heterocycles. The van der Waals surface area contributed by atoms with Crippen molar-refractivity contribution in [3.8, 4) is 0 Å². The van der Waals surface area contributed by atoms with E-state index in [1.165, 1.54) is 0 Å². The molecule has 0 radical (unpaired) electrons. The van der Waals surface area contributed by atoms with E-state index in [1.54, 1.807) is 0 Å². The van der Waals surface area contributed by atoms with E-state index in [0.29, 0.717) is 0 Å². The number of halogens is 1. The van der Waals surface area contributed by atoms with Crippen LogP contribution in [0.3, 0.4) is 0 Å². The molecule has 0 saturated carbocycles. The molecule has 0 atom stereocenters. The Morgan fingerprint density at radius 3 is 2.14 bits per heavy atom. The maximum Gasteiger partial charge on any atom is 0.238 e. The van der Waals surface area contributed by atoms with E-state index < -0.39 is 41.4 Å². The molecular formula is C9H13ClN2O6S3. The monoisotopic (exact) mass is 376 g/mol. The predicted molar refractivity (Wildman–Crippen MR) is 79.9 cm³/mol. The highest BCUT2D eigenvalue weighted by Crippen LogP contribution is 2.25. The summed E-state index contributed by atoms with van der Waals surface area (Å²) in [6.45, 7) is 0. The van der Waals surface area contributed by atoms with Crippen LogP contribution in [0.15, 0.2) is 23.1 Å². The van der Waals surface area contributed by atoms with Crippen LogP contribution in [0.2, 0.25) is 5.02 Å². The third-order valence-electron chi connectivity index (χ3n) is 2.25. The molecular weight excluding hydrogens is 364 g/mol. The van der Waals surface area contributed by atoms with Crippen LogP contribution in [0.1, 0.15) is 0 Å². The first-order chi connectivity index (χ1) is 9.30. The van der Waals surface area contributed by atoms with Crippen molar-refractivity contribution in [1.29, 1.82) is 0 Å². The van der Waals surface area contributed by atoms with Gasteiger partial charge in [0.2, 0.25) is 20.0 Å². The summed E-state index contributed by atoms with van der Waals surface area (Å²) in [7, 11) is -11.5. The summed E-state index contributed by atoms with van der Waals surface area (Å²) < 4.78 is 69.8. The zero-order valence-corrected chi connectivity index (χ0v) is 14.0. The van der Waals surface area contributed by atoms with Gasteiger partial charge in [-0.1, -0.05) is 11.6 Å². The molecule has 0 bridgehead atoms. The summed E-state index contributed by atoms with van der Waals surface area (Å²) >= 11 is 5.76. The van der Waals surface area contributed by atoms with Crippen LogP contribution in [0.5, 0.6) is 0 Å². The fourth-order valence-corrected chi connectivity index (χ4v) is 4.69. The van der Waals surface area contributed by atoms with Gasteiger partial charge in [0, 0.05) is 6.26 Å². The van der Waals surface area contributed by atoms with Crippen LogP contribution >= 0.6 is 11.6 Å². The molecule has 120 valence electrons. The molecule has 0 heterocycles. The Balaban J connectivity index is 3.07. The number of nitrogens with two attached hydrogens (primary N) is 1. The fourth-order valence-electron chi connectivity index (χ4n) is 1.24. The van der Waals surface area contributed by atoms with Gasteiger partial charge in [-0.2, -0.15) is 0 Å². The van der Waals surface area contributed by atoms with Crippen LogP contribution in [-0.2, 0) is 29.9 Å². The van der Waals surface area contributed by atoms with Crippen LogP contribution < -0.4 is 9.86 Å². The van der Waals surface area contributed by atoms with Gasteiger partial charge in [0.15, 0.2) is 0 Å². The standard InChI is InChI=1S/C9H13ClN2O6S3/c1-19(13,14)4-5-20(15,16)12-9-6-7(21(11,17)18)2-3-8(9)10/h2-3,6,12H,4-5H2,1H3,(H2,11,17,18). The minimum atomic E-state index is -4.02. The number of nitrogens with one attached hydrogen (secondary N) is 1. The summed E-state index contributed by atoms with van der Waals surface area (Å²) in [5.41, 5.74) is -0.198. The number of hydrogen-bond donors (Lipinski definition) is 2. The van der Waals surface area contributed by atoms with E-state index in [1.807, 2.05) is 4.72 Å². The van der Waals surface area contributed by atoms with E-state index >= 15 is 0 Å². The van der Waals surface area contributed by atoms with Crippen molar-refractivity contribution in [1.82, 2.24) is 0 Å². The van der Waals surface area contributed by atoms with Crippen molar-refractivity contribution in [2.24, 2.45) is 5.14 Å². The van der Waals surface area contributed by atoms with Gasteiger partial charge in [-0.15, -0.1) is 0 Å². The number of primary sulfonamides is 1. The number of anilines is 1. The normalized spacial score (nSPS) is 13.1. The molecule has 8 nitrogen and oxygen atoms in total. The molecule has 1 rings (SSSR count). The van der Waals surface area contributed by atoms with Crippen LogP contribution in [0.25, 0.3) is 0 Å². The molecule has 0 spiro atoms. The molecule has 0 aromatic heterocycles. The first-order valence-corrected chi connectivity index (χ1v) is 10.9. The van der Waals surface area contributed by atoms with E-state index in [-0.39, 0.29) is 15.6 Å². The first-order valence-electron chi connectivity index (χ1n) is 5.31. The zero-order valence-electron chi connectivity index (χ0n) is 10.8. The van der Waals surface area contributed by atoms with E-state index in [2.05, 4.69) is 0 Å². The maximum absolute atomic E-state index is 11.7. The van der Waals surface area contributed by atoms with Gasteiger partial charge in [-0.25, -0.2) is 30.4 Å². The van der Waals surface area contributed by atoms with Gasteiger partial charge in [0.1, 0.15) is 9.84 Å². The Labute approximate surface area is 128 Å². The van der Waals surface area contributed by atoms with Crippen LogP contribution in [0, 0.1) is 0 Å². The number of sulfone groups is 1. The highest BCUT2D eigenvalue weighted by molar-refractivity contribution is 7.95. The molecule has 3 N–H and O–H groups in total. The average Bonchev–Trinajstić information content (AvgIpc) is 2.27. The summed E-state index contributed by atoms with van der Waals surface area (Å²) in [5, 5.41) is 4.88. The molecule has 0 aliphatic carbocycles. The van der Waals surface area contributed by atoms with Crippen molar-refractivity contribution in [2.45, 2.75) is 4.90 Å². The molecule has 1 aromatic rings. The molecule has 0 aliphatic heterocycles. The van der Waals surface area contributed by atoms with Gasteiger partial charge in [0.25, 0.3) is 0 Å². The second-order valence-corrected chi connectivity index (χ2v) is 10.3. The Hall–Kier alpha value is -0.880. The minimum absolute atomic E-state index is 0.0506. The lowest BCUT2D eigenvalue weighted by Crippen LogP contribution is -2.23. The highest BCUT2D eigenvalue weighted by Gasteiger charge is 2.18. The second kappa shape index (κ2) is 6.08. The van der Waals surface area contributed by atoms with Crippen molar-refractivity contribution in [2.75, 3.05) is 22.5 Å². The Morgan fingerprint density at radius 1 is 1.10 bits per heavy atom. The van der Waals surface area contributed by atoms with E-state index in [9.17, 15) is 25.3 Å². The molecule has 1 aromatic carbocycles. The quantitative estimate of drug-likeness (QED) is 0.702. The van der Waals surface area contributed by atoms with E-state index in [4.69, 9.17) is 16.7 Å². The van der Waals surface area contributed by atoms with E-state index in [0.717, 1.165) is 24.5 Å². The van der Waals surface area contributed by atoms with Crippen LogP contribution in [-0.4, -0.2) is 43.0 Å². The number of hydrogen-bond acceptors (Lipinski definition) is 6. The molecule has 0 amide bonds. The zero-order chi connectivity index (χ0) is 16.5. The lowest BCUT2D eigenvalue weighted by molar-refractivity contribution is 0.593. The highest BCUT2D eigenvalue weighted by atomic mass is 35.5. The van der Waals surface area contributed by atoms with Crippen molar-refractivity contribution < 1.29 is 25.3 Å². The number of rotatable bonds is 6. The van der Waals surface area contributed by atoms with Crippen molar-refractivity contribution in [3.63, 3.8) is 0 Å². The van der Waals surface area contributed by atoms with Crippen LogP contribution in [0.4, 0.5) is 5.69 Å². The van der Waals surface area contributed by atoms with Gasteiger partial charge in [0.05, 0.1) is 27.1 Å². The smallest absolute Gasteiger partial charge is 0.238 e. The Bertz CT molecular complexity index is 845. The molecule has 12 heteroatoms. The molecule has 0 fully saturated rings. The Morgan fingerprint density at radius 2 is 1.67 bits per heavy atom. The molecule has 21 heavy (non-hydrogen) atoms. The lowest BCUT2D eigenvalue weighted by Gasteiger charge is -2.10. The summed E-state index contributed by atoms with van der Waals surface area (Å²) in [4.78, 5) is -0.326. The van der Waals surface area contributed by atoms with Gasteiger partial charge in [-0.3, -0.25) is 4.72 Å². The third kappa shape index (κ3) is 6.18. The van der Waals surface area contributed by atoms with Gasteiger partial charge < -0.3 is 0 Å². The third-order valence-corrected chi connectivity index (χ3v) is 5.97. The first kappa shape index (κ1) is 18.2. The summed E-state index contributed by atoms with van der Waals surface area (Å²) in [6, 6.07) is 3.23. The SMILES string of the molecule is CS(=O)(=O)CCS(=O)(=O)Nc1cc(S(N)(=O)=O)ccc1Cl. The Kier molecular flexibility index (Phi) is 5.26. The lowest BCUT2D eigenvalue weighted by atomic mass is 10.3. The number of sulfonamides is 2. The van der Waals surface area contributed by atoms with Crippen molar-refractivity contribution >= 4 is 47.2 Å². The van der Waals surface area contributed by atoms with Crippen molar-refractivity contribution in [3.05, 3.63) is 23.2 Å². The topological polar surface area (TPSA) is 140 Å². The van der Waals surface area contributed by atoms with Gasteiger partial charge >= 0.3 is 0 Å². The predicted octanol–water partition coefficient (Wildman–Crippen LogP) is -0.226. The maximum atomic E-state index is 11.7. The van der Waals surface area contributed by atoms with Gasteiger partial charge in [-0.05, 0) is 18.2 Å². The summed E-state index contributed by atoms with van der Waals surface area (Å²) in [5.74, 6) is -1.25. The molecule has 0 unspecified atom stereocenters. The average molecular weight is 377 g/mol. The minimum Gasteiger partial charge on any atom is -0.282 e. The molecule has 0 aliphatic rings. The number of benzene rings is 1.